The van der Waals surface area contributed by atoms with Crippen LogP contribution < -0.4 is 14.6 Å². The molecule has 32 heavy (non-hydrogen) atoms. The molecule has 0 aliphatic carbocycles. The molecule has 4 rings (SSSR count). The van der Waals surface area contributed by atoms with E-state index in [2.05, 4.69) is 10.00 Å². The summed E-state index contributed by atoms with van der Waals surface area (Å²) >= 11 is 0. The van der Waals surface area contributed by atoms with Gasteiger partial charge in [0.2, 0.25) is 5.88 Å². The second kappa shape index (κ2) is 10.3. The van der Waals surface area contributed by atoms with E-state index in [-0.39, 0.29) is 11.4 Å². The van der Waals surface area contributed by atoms with E-state index in [1.54, 1.807) is 0 Å². The van der Waals surface area contributed by atoms with Gasteiger partial charge in [0.25, 0.3) is 0 Å². The number of para-hydroxylation sites is 1. The molecule has 0 unspecified atom stereocenters. The maximum Gasteiger partial charge on any atom is 0.226 e. The fourth-order valence-electron chi connectivity index (χ4n) is 3.66. The third kappa shape index (κ3) is 4.92. The highest BCUT2D eigenvalue weighted by Gasteiger charge is 2.17. The highest BCUT2D eigenvalue weighted by molar-refractivity contribution is 5.88. The smallest absolute Gasteiger partial charge is 0.226 e. The van der Waals surface area contributed by atoms with E-state index in [0.29, 0.717) is 38.7 Å². The zero-order valence-corrected chi connectivity index (χ0v) is 18.0. The summed E-state index contributed by atoms with van der Waals surface area (Å²) in [6.45, 7) is 6.61. The molecule has 0 atom stereocenters. The van der Waals surface area contributed by atoms with Gasteiger partial charge in [-0.1, -0.05) is 30.3 Å². The summed E-state index contributed by atoms with van der Waals surface area (Å²) < 4.78 is 18.4. The minimum Gasteiger partial charge on any atom is -0.545 e. The maximum absolute atomic E-state index is 11.6. The monoisotopic (exact) mass is 436 g/mol. The Balaban J connectivity index is 1.54. The van der Waals surface area contributed by atoms with Gasteiger partial charge >= 0.3 is 0 Å². The molecule has 1 fully saturated rings. The highest BCUT2D eigenvalue weighted by atomic mass is 16.5. The number of aromatic nitrogens is 2. The lowest BCUT2D eigenvalue weighted by Gasteiger charge is -2.26. The van der Waals surface area contributed by atoms with Crippen LogP contribution in [0.3, 0.4) is 0 Å². The first-order valence-electron chi connectivity index (χ1n) is 10.7. The lowest BCUT2D eigenvalue weighted by molar-refractivity contribution is -0.255. The van der Waals surface area contributed by atoms with Gasteiger partial charge in [0, 0.05) is 25.2 Å². The second-order valence-corrected chi connectivity index (χ2v) is 7.34. The number of carbonyl (C=O) groups excluding carboxylic acids is 1. The summed E-state index contributed by atoms with van der Waals surface area (Å²) in [6, 6.07) is 15.5. The van der Waals surface area contributed by atoms with Crippen LogP contribution in [0.5, 0.6) is 11.6 Å². The fourth-order valence-corrected chi connectivity index (χ4v) is 3.66. The average Bonchev–Trinajstić information content (AvgIpc) is 3.25. The molecule has 168 valence electrons. The number of carbonyl (C=O) groups is 1. The number of hydrogen-bond donors (Lipinski definition) is 0. The van der Waals surface area contributed by atoms with Crippen LogP contribution in [0.25, 0.3) is 16.8 Å². The molecule has 1 aliphatic heterocycles. The standard InChI is InChI=1S/C24H27N3O5/c1-2-31-22-6-4-3-5-20(22)18-7-9-19(10-8-18)27-23(21(17-25-27)24(28)29)32-16-13-26-11-14-30-15-12-26/h3-10,17H,2,11-16H2,1H3,(H,28,29)/p-1. The SMILES string of the molecule is CCOc1ccccc1-c1ccc(-n2ncc(C(=O)[O-])c2OCCN2CCOCC2)cc1. The number of morpholine rings is 1. The molecule has 0 N–H and O–H groups in total. The molecule has 8 heteroatoms. The van der Waals surface area contributed by atoms with Gasteiger partial charge in [-0.2, -0.15) is 5.10 Å². The number of nitrogens with zero attached hydrogens (tertiary/aromatic N) is 3. The van der Waals surface area contributed by atoms with Crippen LogP contribution in [-0.2, 0) is 4.74 Å². The zero-order valence-electron chi connectivity index (χ0n) is 18.0. The fraction of sp³-hybridized carbons (Fsp3) is 0.333. The van der Waals surface area contributed by atoms with E-state index in [1.807, 2.05) is 55.5 Å². The molecule has 0 saturated carbocycles. The van der Waals surface area contributed by atoms with Gasteiger partial charge in [0.05, 0.1) is 43.2 Å². The van der Waals surface area contributed by atoms with Gasteiger partial charge in [-0.3, -0.25) is 4.90 Å². The van der Waals surface area contributed by atoms with Crippen molar-refractivity contribution >= 4 is 5.97 Å². The Bertz CT molecular complexity index is 1040. The van der Waals surface area contributed by atoms with Crippen LogP contribution in [-0.4, -0.2) is 66.7 Å². The number of benzene rings is 2. The summed E-state index contributed by atoms with van der Waals surface area (Å²) in [6.07, 6.45) is 1.26. The summed E-state index contributed by atoms with van der Waals surface area (Å²) in [4.78, 5) is 13.8. The molecule has 0 bridgehead atoms. The van der Waals surface area contributed by atoms with Crippen LogP contribution in [0.4, 0.5) is 0 Å². The van der Waals surface area contributed by atoms with Crippen molar-refractivity contribution in [3.8, 4) is 28.4 Å². The predicted octanol–water partition coefficient (Wildman–Crippen LogP) is 2.01. The Hall–Kier alpha value is -3.36. The minimum absolute atomic E-state index is 0.0715. The van der Waals surface area contributed by atoms with Crippen molar-refractivity contribution in [2.75, 3.05) is 46.1 Å². The van der Waals surface area contributed by atoms with E-state index in [0.717, 1.165) is 30.0 Å². The van der Waals surface area contributed by atoms with Gasteiger partial charge in [-0.25, -0.2) is 4.68 Å². The minimum atomic E-state index is -1.32. The lowest BCUT2D eigenvalue weighted by atomic mass is 10.0. The van der Waals surface area contributed by atoms with Crippen LogP contribution in [0, 0.1) is 0 Å². The van der Waals surface area contributed by atoms with Crippen molar-refractivity contribution in [2.24, 2.45) is 0 Å². The molecule has 2 aromatic carbocycles. The molecule has 1 aliphatic rings. The summed E-state index contributed by atoms with van der Waals surface area (Å²) in [7, 11) is 0. The molecule has 8 nitrogen and oxygen atoms in total. The third-order valence-electron chi connectivity index (χ3n) is 5.30. The number of carboxylic acid groups (broad SMARTS) is 1. The molecule has 0 radical (unpaired) electrons. The number of rotatable bonds is 9. The average molecular weight is 436 g/mol. The molecular formula is C24H26N3O5-. The molecule has 0 spiro atoms. The van der Waals surface area contributed by atoms with E-state index < -0.39 is 5.97 Å². The van der Waals surface area contributed by atoms with Crippen molar-refractivity contribution < 1.29 is 24.1 Å². The van der Waals surface area contributed by atoms with Crippen molar-refractivity contribution in [2.45, 2.75) is 6.92 Å². The van der Waals surface area contributed by atoms with E-state index in [9.17, 15) is 9.90 Å². The summed E-state index contributed by atoms with van der Waals surface area (Å²) in [5.41, 5.74) is 2.59. The van der Waals surface area contributed by atoms with Crippen LogP contribution in [0.15, 0.2) is 54.7 Å². The third-order valence-corrected chi connectivity index (χ3v) is 5.30. The van der Waals surface area contributed by atoms with Gasteiger partial charge in [-0.05, 0) is 30.7 Å². The quantitative estimate of drug-likeness (QED) is 0.507. The van der Waals surface area contributed by atoms with E-state index in [4.69, 9.17) is 14.2 Å². The van der Waals surface area contributed by atoms with Crippen molar-refractivity contribution in [3.63, 3.8) is 0 Å². The van der Waals surface area contributed by atoms with Crippen molar-refractivity contribution in [1.29, 1.82) is 0 Å². The highest BCUT2D eigenvalue weighted by Crippen LogP contribution is 2.31. The largest absolute Gasteiger partial charge is 0.545 e. The Morgan fingerprint density at radius 2 is 1.84 bits per heavy atom. The van der Waals surface area contributed by atoms with Gasteiger partial charge in [-0.15, -0.1) is 0 Å². The molecular weight excluding hydrogens is 410 g/mol. The molecule has 0 amide bonds. The van der Waals surface area contributed by atoms with Gasteiger partial charge in [0.15, 0.2) is 0 Å². The normalized spacial score (nSPS) is 14.3. The Morgan fingerprint density at radius 1 is 1.09 bits per heavy atom. The van der Waals surface area contributed by atoms with Crippen molar-refractivity contribution in [3.05, 3.63) is 60.3 Å². The number of carboxylic acids is 1. The van der Waals surface area contributed by atoms with E-state index in [1.165, 1.54) is 10.9 Å². The first-order chi connectivity index (χ1) is 15.7. The van der Waals surface area contributed by atoms with Crippen LogP contribution >= 0.6 is 0 Å². The molecule has 1 saturated heterocycles. The summed E-state index contributed by atoms with van der Waals surface area (Å²) in [5, 5.41) is 15.8. The second-order valence-electron chi connectivity index (χ2n) is 7.34. The van der Waals surface area contributed by atoms with Gasteiger partial charge < -0.3 is 24.1 Å². The van der Waals surface area contributed by atoms with Crippen LogP contribution in [0.2, 0.25) is 0 Å². The van der Waals surface area contributed by atoms with Crippen LogP contribution in [0.1, 0.15) is 17.3 Å². The topological polar surface area (TPSA) is 88.9 Å². The van der Waals surface area contributed by atoms with E-state index >= 15 is 0 Å². The Labute approximate surface area is 186 Å². The zero-order chi connectivity index (χ0) is 22.3. The predicted molar refractivity (Wildman–Crippen MR) is 117 cm³/mol. The Kier molecular flexibility index (Phi) is 7.03. The first kappa shape index (κ1) is 21.9. The molecule has 1 aromatic heterocycles. The number of hydrogen-bond acceptors (Lipinski definition) is 7. The summed E-state index contributed by atoms with van der Waals surface area (Å²) in [5.74, 6) is -0.339. The number of aromatic carboxylic acids is 1. The van der Waals surface area contributed by atoms with Gasteiger partial charge in [0.1, 0.15) is 12.4 Å². The first-order valence-corrected chi connectivity index (χ1v) is 10.7. The number of ether oxygens (including phenoxy) is 3. The Morgan fingerprint density at radius 3 is 2.56 bits per heavy atom. The molecule has 3 aromatic rings. The molecule has 2 heterocycles. The maximum atomic E-state index is 11.6. The van der Waals surface area contributed by atoms with Crippen molar-refractivity contribution in [1.82, 2.24) is 14.7 Å². The lowest BCUT2D eigenvalue weighted by Crippen LogP contribution is -2.38.